The highest BCUT2D eigenvalue weighted by molar-refractivity contribution is 5.94. The standard InChI is InChI=1S/C23H25NO3/c25-21(19-11-9-18(10-12-19)17-5-4-6-17)24-15-13-23(14-16-24,22(26)27)20-7-2-1-3-8-20/h1-3,7-12,17H,4-6,13-16H2,(H,26,27). The highest BCUT2D eigenvalue weighted by Crippen LogP contribution is 2.37. The van der Waals surface area contributed by atoms with Gasteiger partial charge in [0.2, 0.25) is 0 Å². The fourth-order valence-corrected chi connectivity index (χ4v) is 4.30. The van der Waals surface area contributed by atoms with Gasteiger partial charge in [-0.15, -0.1) is 0 Å². The Labute approximate surface area is 159 Å². The largest absolute Gasteiger partial charge is 0.481 e. The Hall–Kier alpha value is -2.62. The number of rotatable bonds is 4. The average molecular weight is 363 g/mol. The Balaban J connectivity index is 1.46. The number of carboxylic acid groups (broad SMARTS) is 1. The highest BCUT2D eigenvalue weighted by Gasteiger charge is 2.43. The third-order valence-corrected chi connectivity index (χ3v) is 6.37. The van der Waals surface area contributed by atoms with E-state index in [-0.39, 0.29) is 5.91 Å². The molecule has 4 nitrogen and oxygen atoms in total. The molecule has 1 aliphatic carbocycles. The summed E-state index contributed by atoms with van der Waals surface area (Å²) >= 11 is 0. The second-order valence-electron chi connectivity index (χ2n) is 7.80. The predicted octanol–water partition coefficient (Wildman–Crippen LogP) is 4.21. The van der Waals surface area contributed by atoms with Gasteiger partial charge in [0.15, 0.2) is 0 Å². The molecule has 4 rings (SSSR count). The van der Waals surface area contributed by atoms with Crippen LogP contribution in [0.5, 0.6) is 0 Å². The Morgan fingerprint density at radius 3 is 2.07 bits per heavy atom. The van der Waals surface area contributed by atoms with Crippen LogP contribution in [0.3, 0.4) is 0 Å². The van der Waals surface area contributed by atoms with E-state index < -0.39 is 11.4 Å². The normalized spacial score (nSPS) is 19.3. The van der Waals surface area contributed by atoms with Crippen LogP contribution < -0.4 is 0 Å². The van der Waals surface area contributed by atoms with E-state index >= 15 is 0 Å². The van der Waals surface area contributed by atoms with Crippen molar-refractivity contribution in [2.24, 2.45) is 0 Å². The van der Waals surface area contributed by atoms with E-state index in [0.29, 0.717) is 37.4 Å². The molecule has 1 saturated carbocycles. The maximum absolute atomic E-state index is 12.9. The molecule has 27 heavy (non-hydrogen) atoms. The summed E-state index contributed by atoms with van der Waals surface area (Å²) in [5.74, 6) is -0.140. The number of carbonyl (C=O) groups is 2. The summed E-state index contributed by atoms with van der Waals surface area (Å²) in [5, 5.41) is 9.89. The fraction of sp³-hybridized carbons (Fsp3) is 0.391. The zero-order chi connectivity index (χ0) is 18.9. The fourth-order valence-electron chi connectivity index (χ4n) is 4.30. The first-order valence-corrected chi connectivity index (χ1v) is 9.78. The van der Waals surface area contributed by atoms with Gasteiger partial charge in [0.25, 0.3) is 5.91 Å². The van der Waals surface area contributed by atoms with Crippen LogP contribution >= 0.6 is 0 Å². The van der Waals surface area contributed by atoms with Crippen LogP contribution in [-0.4, -0.2) is 35.0 Å². The quantitative estimate of drug-likeness (QED) is 0.885. The van der Waals surface area contributed by atoms with E-state index in [9.17, 15) is 14.7 Å². The van der Waals surface area contributed by atoms with Crippen molar-refractivity contribution in [2.75, 3.05) is 13.1 Å². The minimum absolute atomic E-state index is 0.00205. The maximum Gasteiger partial charge on any atom is 0.314 e. The van der Waals surface area contributed by atoms with E-state index in [4.69, 9.17) is 0 Å². The van der Waals surface area contributed by atoms with Gasteiger partial charge in [-0.25, -0.2) is 0 Å². The Kier molecular flexibility index (Phi) is 4.73. The molecule has 2 aromatic carbocycles. The molecule has 2 fully saturated rings. The number of hydrogen-bond donors (Lipinski definition) is 1. The molecule has 0 aromatic heterocycles. The summed E-state index contributed by atoms with van der Waals surface area (Å²) < 4.78 is 0. The van der Waals surface area contributed by atoms with Crippen molar-refractivity contribution in [3.8, 4) is 0 Å². The number of aliphatic carboxylic acids is 1. The SMILES string of the molecule is O=C(c1ccc(C2CCC2)cc1)N1CCC(C(=O)O)(c2ccccc2)CC1. The van der Waals surface area contributed by atoms with Crippen LogP contribution in [0, 0.1) is 0 Å². The number of benzene rings is 2. The van der Waals surface area contributed by atoms with Crippen LogP contribution in [0.25, 0.3) is 0 Å². The van der Waals surface area contributed by atoms with Crippen molar-refractivity contribution in [3.05, 3.63) is 71.3 Å². The molecule has 140 valence electrons. The predicted molar refractivity (Wildman–Crippen MR) is 104 cm³/mol. The molecular formula is C23H25NO3. The molecule has 2 aromatic rings. The lowest BCUT2D eigenvalue weighted by atomic mass is 9.72. The van der Waals surface area contributed by atoms with Gasteiger partial charge in [-0.1, -0.05) is 48.9 Å². The Morgan fingerprint density at radius 1 is 0.926 bits per heavy atom. The van der Waals surface area contributed by atoms with Crippen molar-refractivity contribution >= 4 is 11.9 Å². The van der Waals surface area contributed by atoms with Crippen LogP contribution in [-0.2, 0) is 10.2 Å². The lowest BCUT2D eigenvalue weighted by Gasteiger charge is -2.39. The number of nitrogens with zero attached hydrogens (tertiary/aromatic N) is 1. The second kappa shape index (κ2) is 7.18. The lowest BCUT2D eigenvalue weighted by Crippen LogP contribution is -2.49. The van der Waals surface area contributed by atoms with E-state index in [1.807, 2.05) is 42.5 Å². The number of carboxylic acids is 1. The molecule has 0 bridgehead atoms. The zero-order valence-corrected chi connectivity index (χ0v) is 15.4. The molecule has 0 spiro atoms. The minimum atomic E-state index is -0.897. The van der Waals surface area contributed by atoms with Crippen LogP contribution in [0.1, 0.15) is 59.5 Å². The summed E-state index contributed by atoms with van der Waals surface area (Å²) in [5.41, 5.74) is 1.95. The topological polar surface area (TPSA) is 57.6 Å². The van der Waals surface area contributed by atoms with Gasteiger partial charge in [0.05, 0.1) is 5.41 Å². The third-order valence-electron chi connectivity index (χ3n) is 6.37. The molecule has 2 aliphatic rings. The summed E-state index contributed by atoms with van der Waals surface area (Å²) in [6, 6.07) is 17.4. The number of carbonyl (C=O) groups excluding carboxylic acids is 1. The van der Waals surface area contributed by atoms with Crippen LogP contribution in [0.15, 0.2) is 54.6 Å². The molecule has 1 amide bonds. The second-order valence-corrected chi connectivity index (χ2v) is 7.80. The highest BCUT2D eigenvalue weighted by atomic mass is 16.4. The lowest BCUT2D eigenvalue weighted by molar-refractivity contribution is -0.145. The molecule has 1 aliphatic heterocycles. The van der Waals surface area contributed by atoms with E-state index in [2.05, 4.69) is 12.1 Å². The van der Waals surface area contributed by atoms with Gasteiger partial charge in [0, 0.05) is 18.7 Å². The molecule has 1 heterocycles. The monoisotopic (exact) mass is 363 g/mol. The van der Waals surface area contributed by atoms with Gasteiger partial charge in [-0.2, -0.15) is 0 Å². The first-order chi connectivity index (χ1) is 13.1. The van der Waals surface area contributed by atoms with Crippen molar-refractivity contribution in [3.63, 3.8) is 0 Å². The molecular weight excluding hydrogens is 338 g/mol. The van der Waals surface area contributed by atoms with Gasteiger partial charge < -0.3 is 10.0 Å². The number of piperidine rings is 1. The number of likely N-dealkylation sites (tertiary alicyclic amines) is 1. The molecule has 4 heteroatoms. The number of hydrogen-bond acceptors (Lipinski definition) is 2. The van der Waals surface area contributed by atoms with Crippen molar-refractivity contribution in [2.45, 2.75) is 43.4 Å². The first-order valence-electron chi connectivity index (χ1n) is 9.78. The van der Waals surface area contributed by atoms with Gasteiger partial charge in [-0.3, -0.25) is 9.59 Å². The van der Waals surface area contributed by atoms with Crippen molar-refractivity contribution < 1.29 is 14.7 Å². The van der Waals surface area contributed by atoms with Gasteiger partial charge in [-0.05, 0) is 54.9 Å². The molecule has 0 radical (unpaired) electrons. The van der Waals surface area contributed by atoms with Gasteiger partial charge in [0.1, 0.15) is 0 Å². The van der Waals surface area contributed by atoms with Crippen molar-refractivity contribution in [1.29, 1.82) is 0 Å². The van der Waals surface area contributed by atoms with E-state index in [1.54, 1.807) is 4.90 Å². The molecule has 0 unspecified atom stereocenters. The third kappa shape index (κ3) is 3.25. The number of amides is 1. The molecule has 0 atom stereocenters. The average Bonchev–Trinajstić information content (AvgIpc) is 2.67. The minimum Gasteiger partial charge on any atom is -0.481 e. The zero-order valence-electron chi connectivity index (χ0n) is 15.4. The smallest absolute Gasteiger partial charge is 0.314 e. The van der Waals surface area contributed by atoms with E-state index in [1.165, 1.54) is 24.8 Å². The molecule has 1 N–H and O–H groups in total. The summed E-state index contributed by atoms with van der Waals surface area (Å²) in [4.78, 5) is 26.7. The van der Waals surface area contributed by atoms with Crippen LogP contribution in [0.2, 0.25) is 0 Å². The summed E-state index contributed by atoms with van der Waals surface area (Å²) in [7, 11) is 0. The Morgan fingerprint density at radius 2 is 1.56 bits per heavy atom. The maximum atomic E-state index is 12.9. The summed E-state index contributed by atoms with van der Waals surface area (Å²) in [6.07, 6.45) is 4.68. The van der Waals surface area contributed by atoms with Gasteiger partial charge >= 0.3 is 5.97 Å². The van der Waals surface area contributed by atoms with Crippen LogP contribution in [0.4, 0.5) is 0 Å². The molecule has 1 saturated heterocycles. The Bertz CT molecular complexity index is 816. The first kappa shape index (κ1) is 17.8. The summed E-state index contributed by atoms with van der Waals surface area (Å²) in [6.45, 7) is 0.925. The van der Waals surface area contributed by atoms with Crippen molar-refractivity contribution in [1.82, 2.24) is 4.90 Å². The van der Waals surface area contributed by atoms with E-state index in [0.717, 1.165) is 5.56 Å².